The first-order chi connectivity index (χ1) is 12.7. The minimum Gasteiger partial charge on any atom is -0.448 e. The van der Waals surface area contributed by atoms with Gasteiger partial charge in [0.1, 0.15) is 6.61 Å². The van der Waals surface area contributed by atoms with Gasteiger partial charge in [-0.15, -0.1) is 0 Å². The van der Waals surface area contributed by atoms with Gasteiger partial charge >= 0.3 is 6.09 Å². The molecule has 1 amide bonds. The average molecular weight is 453 g/mol. The van der Waals surface area contributed by atoms with Gasteiger partial charge in [-0.05, 0) is 24.5 Å². The molecule has 0 aliphatic heterocycles. The van der Waals surface area contributed by atoms with Crippen molar-refractivity contribution in [1.82, 2.24) is 10.2 Å². The van der Waals surface area contributed by atoms with Gasteiger partial charge in [-0.1, -0.05) is 76.6 Å². The molecule has 0 aliphatic carbocycles. The van der Waals surface area contributed by atoms with Gasteiger partial charge in [0.05, 0.1) is 0 Å². The Kier molecular flexibility index (Phi) is 11.9. The fraction of sp³-hybridized carbons (Fsp3) is 0.381. The molecule has 6 heteroatoms. The van der Waals surface area contributed by atoms with Crippen molar-refractivity contribution in [3.05, 3.63) is 71.8 Å². The number of rotatable bonds is 10. The van der Waals surface area contributed by atoms with Crippen molar-refractivity contribution >= 4 is 35.5 Å². The summed E-state index contributed by atoms with van der Waals surface area (Å²) in [5.41, 5.74) is 2.49. The van der Waals surface area contributed by atoms with Crippen LogP contribution >= 0.6 is 29.4 Å². The number of hydrogen-bond donors (Lipinski definition) is 1. The molecule has 148 valence electrons. The van der Waals surface area contributed by atoms with Gasteiger partial charge in [0.2, 0.25) is 0 Å². The smallest absolute Gasteiger partial charge is 0.407 e. The number of alkyl carbamates (subject to hydrolysis) is 1. The van der Waals surface area contributed by atoms with Crippen molar-refractivity contribution in [2.24, 2.45) is 0 Å². The molecular weight excluding hydrogens is 424 g/mol. The van der Waals surface area contributed by atoms with E-state index in [0.29, 0.717) is 13.2 Å². The summed E-state index contributed by atoms with van der Waals surface area (Å²) in [5, 5.41) is 3.63. The van der Waals surface area contributed by atoms with Gasteiger partial charge < -0.3 is 10.1 Å². The van der Waals surface area contributed by atoms with Crippen molar-refractivity contribution in [1.29, 1.82) is 0 Å². The number of benzene rings is 2. The molecule has 0 fully saturated rings. The lowest BCUT2D eigenvalue weighted by molar-refractivity contribution is 0.0887. The van der Waals surface area contributed by atoms with Crippen molar-refractivity contribution in [3.8, 4) is 0 Å². The summed E-state index contributed by atoms with van der Waals surface area (Å²) in [4.78, 5) is 14.1. The molecule has 2 aromatic carbocycles. The summed E-state index contributed by atoms with van der Waals surface area (Å²) in [7, 11) is 0. The summed E-state index contributed by atoms with van der Waals surface area (Å²) in [5.74, 6) is 0. The van der Waals surface area contributed by atoms with Crippen molar-refractivity contribution in [2.45, 2.75) is 32.5 Å². The Morgan fingerprint density at radius 3 is 2.04 bits per heavy atom. The first-order valence-electron chi connectivity index (χ1n) is 8.97. The molecule has 0 radical (unpaired) electrons. The molecular formula is C21H29BrN2O2S. The Labute approximate surface area is 177 Å². The fourth-order valence-electron chi connectivity index (χ4n) is 2.61. The van der Waals surface area contributed by atoms with E-state index in [1.54, 1.807) is 0 Å². The van der Waals surface area contributed by atoms with E-state index >= 15 is 0 Å². The van der Waals surface area contributed by atoms with Crippen LogP contribution in [0.2, 0.25) is 0 Å². The number of alkyl halides is 1. The third-order valence-electron chi connectivity index (χ3n) is 4.12. The lowest BCUT2D eigenvalue weighted by Crippen LogP contribution is -2.37. The topological polar surface area (TPSA) is 41.6 Å². The second-order valence-corrected chi connectivity index (χ2v) is 7.09. The van der Waals surface area contributed by atoms with Crippen molar-refractivity contribution < 1.29 is 9.53 Å². The summed E-state index contributed by atoms with van der Waals surface area (Å²) in [6.07, 6.45) is 0.538. The standard InChI is InChI=1S/C21H27BrN2O2.H2S/c1-18(17-26-21(25)23-14-8-13-22)24(15-19-9-4-2-5-10-19)16-20-11-6-3-7-12-20;/h2-7,9-12,18H,8,13-17H2,1H3,(H,23,25);1H2/t18-;/m0./s1. The number of carbonyl (C=O) groups is 1. The molecule has 0 spiro atoms. The third-order valence-corrected chi connectivity index (χ3v) is 4.68. The predicted octanol–water partition coefficient (Wildman–Crippen LogP) is 4.70. The van der Waals surface area contributed by atoms with E-state index in [4.69, 9.17) is 4.74 Å². The van der Waals surface area contributed by atoms with E-state index in [9.17, 15) is 4.79 Å². The highest BCUT2D eigenvalue weighted by molar-refractivity contribution is 9.09. The lowest BCUT2D eigenvalue weighted by Gasteiger charge is -2.29. The van der Waals surface area contributed by atoms with Crippen LogP contribution in [0, 0.1) is 0 Å². The Bertz CT molecular complexity index is 602. The third kappa shape index (κ3) is 9.31. The zero-order valence-electron chi connectivity index (χ0n) is 15.7. The van der Waals surface area contributed by atoms with E-state index in [0.717, 1.165) is 24.8 Å². The molecule has 0 saturated carbocycles. The summed E-state index contributed by atoms with van der Waals surface area (Å²) < 4.78 is 5.40. The van der Waals surface area contributed by atoms with Crippen LogP contribution in [0.15, 0.2) is 60.7 Å². The molecule has 0 unspecified atom stereocenters. The second kappa shape index (κ2) is 13.6. The highest BCUT2D eigenvalue weighted by Gasteiger charge is 2.17. The molecule has 0 aliphatic rings. The van der Waals surface area contributed by atoms with Crippen LogP contribution in [0.5, 0.6) is 0 Å². The Balaban J connectivity index is 0.00000364. The fourth-order valence-corrected chi connectivity index (χ4v) is 2.89. The minimum absolute atomic E-state index is 0. The molecule has 1 atom stereocenters. The summed E-state index contributed by atoms with van der Waals surface area (Å²) in [6, 6.07) is 20.8. The molecule has 0 heterocycles. The summed E-state index contributed by atoms with van der Waals surface area (Å²) in [6.45, 7) is 4.70. The van der Waals surface area contributed by atoms with Crippen LogP contribution in [0.25, 0.3) is 0 Å². The number of halogens is 1. The van der Waals surface area contributed by atoms with Crippen molar-refractivity contribution in [3.63, 3.8) is 0 Å². The number of ether oxygens (including phenoxy) is 1. The van der Waals surface area contributed by atoms with Gasteiger partial charge in [-0.2, -0.15) is 13.5 Å². The maximum absolute atomic E-state index is 11.8. The number of nitrogens with one attached hydrogen (secondary N) is 1. The molecule has 2 aromatic rings. The first kappa shape index (κ1) is 23.5. The molecule has 27 heavy (non-hydrogen) atoms. The van der Waals surface area contributed by atoms with E-state index in [2.05, 4.69) is 81.6 Å². The largest absolute Gasteiger partial charge is 0.448 e. The zero-order chi connectivity index (χ0) is 18.6. The first-order valence-corrected chi connectivity index (χ1v) is 10.1. The van der Waals surface area contributed by atoms with Gasteiger partial charge in [0.15, 0.2) is 0 Å². The van der Waals surface area contributed by atoms with Gasteiger partial charge in [0, 0.05) is 31.0 Å². The van der Waals surface area contributed by atoms with E-state index < -0.39 is 0 Å². The van der Waals surface area contributed by atoms with Crippen LogP contribution in [0.3, 0.4) is 0 Å². The molecule has 0 bridgehead atoms. The average Bonchev–Trinajstić information content (AvgIpc) is 2.67. The van der Waals surface area contributed by atoms with Gasteiger partial charge in [-0.25, -0.2) is 4.79 Å². The Morgan fingerprint density at radius 2 is 1.56 bits per heavy atom. The molecule has 0 saturated heterocycles. The van der Waals surface area contributed by atoms with Gasteiger partial charge in [-0.3, -0.25) is 4.90 Å². The van der Waals surface area contributed by atoms with E-state index in [1.165, 1.54) is 11.1 Å². The van der Waals surface area contributed by atoms with Crippen LogP contribution in [0.1, 0.15) is 24.5 Å². The predicted molar refractivity (Wildman–Crippen MR) is 120 cm³/mol. The number of hydrogen-bond acceptors (Lipinski definition) is 3. The Hall–Kier alpha value is -1.50. The molecule has 2 rings (SSSR count). The minimum atomic E-state index is -0.350. The lowest BCUT2D eigenvalue weighted by atomic mass is 10.1. The maximum Gasteiger partial charge on any atom is 0.407 e. The maximum atomic E-state index is 11.8. The molecule has 4 nitrogen and oxygen atoms in total. The zero-order valence-corrected chi connectivity index (χ0v) is 18.3. The monoisotopic (exact) mass is 452 g/mol. The molecule has 0 aromatic heterocycles. The SMILES string of the molecule is C[C@@H](COC(=O)NCCCBr)N(Cc1ccccc1)Cc1ccccc1.S. The quantitative estimate of drug-likeness (QED) is 0.419. The van der Waals surface area contributed by atoms with Crippen LogP contribution in [0.4, 0.5) is 4.79 Å². The molecule has 1 N–H and O–H groups in total. The van der Waals surface area contributed by atoms with Crippen molar-refractivity contribution in [2.75, 3.05) is 18.5 Å². The van der Waals surface area contributed by atoms with Crippen LogP contribution in [-0.2, 0) is 17.8 Å². The summed E-state index contributed by atoms with van der Waals surface area (Å²) >= 11 is 3.35. The van der Waals surface area contributed by atoms with Crippen LogP contribution in [-0.4, -0.2) is 35.5 Å². The van der Waals surface area contributed by atoms with Crippen LogP contribution < -0.4 is 5.32 Å². The number of amides is 1. The normalized spacial score (nSPS) is 11.5. The number of nitrogens with zero attached hydrogens (tertiary/aromatic N) is 1. The van der Waals surface area contributed by atoms with E-state index in [-0.39, 0.29) is 25.6 Å². The van der Waals surface area contributed by atoms with E-state index in [1.807, 2.05) is 12.1 Å². The Morgan fingerprint density at radius 1 is 1.04 bits per heavy atom. The highest BCUT2D eigenvalue weighted by atomic mass is 79.9. The van der Waals surface area contributed by atoms with Gasteiger partial charge in [0.25, 0.3) is 0 Å². The second-order valence-electron chi connectivity index (χ2n) is 6.29. The number of carbonyl (C=O) groups excluding carboxylic acids is 1. The highest BCUT2D eigenvalue weighted by Crippen LogP contribution is 2.13.